The van der Waals surface area contributed by atoms with Crippen molar-refractivity contribution in [2.45, 2.75) is 64.3 Å². The van der Waals surface area contributed by atoms with E-state index in [1.807, 2.05) is 0 Å². The largest absolute Gasteiger partial charge is 0.455 e. The van der Waals surface area contributed by atoms with Crippen LogP contribution < -0.4 is 10.3 Å². The molecule has 3 aromatic rings. The van der Waals surface area contributed by atoms with E-state index in [1.165, 1.54) is 17.2 Å². The average molecular weight is 533 g/mol. The van der Waals surface area contributed by atoms with E-state index in [0.717, 1.165) is 0 Å². The summed E-state index contributed by atoms with van der Waals surface area (Å²) in [5, 5.41) is 0. The second kappa shape index (κ2) is 11.7. The highest BCUT2D eigenvalue weighted by atomic mass is 31.1. The zero-order chi connectivity index (χ0) is 26.5. The second-order valence-electron chi connectivity index (χ2n) is 8.18. The van der Waals surface area contributed by atoms with Gasteiger partial charge in [-0.25, -0.2) is 19.5 Å². The molecule has 37 heavy (non-hydrogen) atoms. The molecule has 1 unspecified atom stereocenters. The van der Waals surface area contributed by atoms with Gasteiger partial charge in [0.25, 0.3) is 0 Å². The quantitative estimate of drug-likeness (QED) is 0.299. The van der Waals surface area contributed by atoms with Crippen LogP contribution in [0.2, 0.25) is 0 Å². The van der Waals surface area contributed by atoms with E-state index in [1.54, 1.807) is 51.1 Å². The Hall–Kier alpha value is -3.54. The number of imidazole rings is 1. The molecule has 0 aliphatic carbocycles. The summed E-state index contributed by atoms with van der Waals surface area (Å²) in [6.45, 7) is 4.87. The molecule has 1 saturated heterocycles. The number of nitrogen functional groups attached to an aromatic ring is 1. The lowest BCUT2D eigenvalue weighted by Crippen LogP contribution is -2.43. The number of hydrogen-bond donors (Lipinski definition) is 1. The molecule has 1 aliphatic rings. The highest BCUT2D eigenvalue weighted by Crippen LogP contribution is 2.40. The summed E-state index contributed by atoms with van der Waals surface area (Å²) in [6, 6.07) is 8.54. The summed E-state index contributed by atoms with van der Waals surface area (Å²) in [7, 11) is -3.02. The van der Waals surface area contributed by atoms with Crippen molar-refractivity contribution in [2.24, 2.45) is 0 Å². The van der Waals surface area contributed by atoms with Gasteiger partial charge in [-0.3, -0.25) is 18.7 Å². The molecule has 0 amide bonds. The Morgan fingerprint density at radius 3 is 2.43 bits per heavy atom. The molecule has 2 N–H and O–H groups in total. The lowest BCUT2D eigenvalue weighted by atomic mass is 10.1. The Bertz CT molecular complexity index is 1270. The number of aromatic nitrogens is 4. The van der Waals surface area contributed by atoms with Gasteiger partial charge in [0, 0.05) is 12.8 Å². The van der Waals surface area contributed by atoms with Crippen molar-refractivity contribution in [3.63, 3.8) is 0 Å². The Morgan fingerprint density at radius 1 is 1.08 bits per heavy atom. The monoisotopic (exact) mass is 533 g/mol. The second-order valence-corrected chi connectivity index (χ2v) is 9.12. The molecule has 14 heteroatoms. The molecular weight excluding hydrogens is 505 g/mol. The average Bonchev–Trinajstić information content (AvgIpc) is 3.47. The van der Waals surface area contributed by atoms with Crippen molar-refractivity contribution in [3.8, 4) is 5.75 Å². The molecule has 0 spiro atoms. The Labute approximate surface area is 213 Å². The molecule has 2 aromatic heterocycles. The molecule has 3 heterocycles. The minimum absolute atomic E-state index is 0.0725. The molecule has 4 rings (SSSR count). The molecule has 1 aromatic carbocycles. The summed E-state index contributed by atoms with van der Waals surface area (Å²) in [5.41, 5.74) is 6.57. The van der Waals surface area contributed by atoms with Crippen molar-refractivity contribution in [3.05, 3.63) is 43.0 Å². The predicted octanol–water partition coefficient (Wildman–Crippen LogP) is 2.82. The van der Waals surface area contributed by atoms with Crippen molar-refractivity contribution < 1.29 is 37.4 Å². The van der Waals surface area contributed by atoms with E-state index >= 15 is 0 Å². The van der Waals surface area contributed by atoms with E-state index < -0.39 is 50.8 Å². The van der Waals surface area contributed by atoms with Gasteiger partial charge in [-0.1, -0.05) is 32.0 Å². The maximum Gasteiger partial charge on any atom is 0.368 e. The van der Waals surface area contributed by atoms with Crippen molar-refractivity contribution in [1.82, 2.24) is 19.5 Å². The van der Waals surface area contributed by atoms with E-state index in [-0.39, 0.29) is 18.7 Å². The number of para-hydroxylation sites is 1. The molecule has 6 atom stereocenters. The highest BCUT2D eigenvalue weighted by molar-refractivity contribution is 7.33. The molecule has 198 valence electrons. The van der Waals surface area contributed by atoms with Gasteiger partial charge in [0.1, 0.15) is 23.7 Å². The topological polar surface area (TPSA) is 167 Å². The standard InChI is InChI=1S/C23H28N5O8P/c1-4-15(29)32-19-18(13(3)35-37(31)36-14-9-7-6-8-10-14)34-23(20(19)33-16(30)5-2)28-12-27-17-21(24)25-11-26-22(17)28/h6-13,18-20,23,37H,4-5H2,1-3H3,(H2,24,25,26)/t13-,18+,19+,20+,23+/m0/s1. The summed E-state index contributed by atoms with van der Waals surface area (Å²) >= 11 is 0. The van der Waals surface area contributed by atoms with Gasteiger partial charge in [-0.05, 0) is 19.1 Å². The third-order valence-electron chi connectivity index (χ3n) is 5.69. The maximum atomic E-state index is 12.6. The molecule has 0 radical (unpaired) electrons. The molecule has 13 nitrogen and oxygen atoms in total. The first-order valence-corrected chi connectivity index (χ1v) is 13.0. The number of hydrogen-bond acceptors (Lipinski definition) is 12. The summed E-state index contributed by atoms with van der Waals surface area (Å²) < 4.78 is 42.8. The van der Waals surface area contributed by atoms with E-state index in [0.29, 0.717) is 16.9 Å². The first kappa shape index (κ1) is 26.5. The number of ether oxygens (including phenoxy) is 3. The summed E-state index contributed by atoms with van der Waals surface area (Å²) in [4.78, 5) is 37.1. The van der Waals surface area contributed by atoms with Crippen LogP contribution in [0.3, 0.4) is 0 Å². The van der Waals surface area contributed by atoms with Crippen LogP contribution in [0.1, 0.15) is 39.8 Å². The fourth-order valence-corrected chi connectivity index (χ4v) is 4.69. The molecule has 0 bridgehead atoms. The van der Waals surface area contributed by atoms with Crippen LogP contribution in [0.15, 0.2) is 43.0 Å². The number of fused-ring (bicyclic) bond motifs is 1. The third-order valence-corrected chi connectivity index (χ3v) is 6.65. The highest BCUT2D eigenvalue weighted by Gasteiger charge is 2.53. The van der Waals surface area contributed by atoms with Gasteiger partial charge in [-0.2, -0.15) is 0 Å². The van der Waals surface area contributed by atoms with Gasteiger partial charge >= 0.3 is 20.2 Å². The van der Waals surface area contributed by atoms with E-state index in [2.05, 4.69) is 15.0 Å². The number of rotatable bonds is 10. The minimum Gasteiger partial charge on any atom is -0.455 e. The van der Waals surface area contributed by atoms with Crippen LogP contribution in [-0.4, -0.2) is 55.9 Å². The normalized spacial score (nSPS) is 22.9. The van der Waals surface area contributed by atoms with Crippen LogP contribution in [0.25, 0.3) is 11.2 Å². The smallest absolute Gasteiger partial charge is 0.368 e. The Kier molecular flexibility index (Phi) is 8.37. The van der Waals surface area contributed by atoms with E-state index in [9.17, 15) is 14.2 Å². The number of nitrogens with zero attached hydrogens (tertiary/aromatic N) is 4. The van der Waals surface area contributed by atoms with Crippen LogP contribution in [0.5, 0.6) is 5.75 Å². The lowest BCUT2D eigenvalue weighted by molar-refractivity contribution is -0.168. The molecule has 0 saturated carbocycles. The fourth-order valence-electron chi connectivity index (χ4n) is 3.88. The number of benzene rings is 1. The van der Waals surface area contributed by atoms with Gasteiger partial charge in [-0.15, -0.1) is 0 Å². The molecule has 1 fully saturated rings. The number of carbonyl (C=O) groups excluding carboxylic acids is 2. The summed E-state index contributed by atoms with van der Waals surface area (Å²) in [6.07, 6.45) is -2.25. The Morgan fingerprint density at radius 2 is 1.76 bits per heavy atom. The van der Waals surface area contributed by atoms with Crippen molar-refractivity contribution in [2.75, 3.05) is 5.73 Å². The van der Waals surface area contributed by atoms with Gasteiger partial charge in [0.15, 0.2) is 29.9 Å². The number of esters is 2. The van der Waals surface area contributed by atoms with Crippen LogP contribution in [0, 0.1) is 0 Å². The van der Waals surface area contributed by atoms with Crippen molar-refractivity contribution >= 4 is 37.2 Å². The zero-order valence-corrected chi connectivity index (χ0v) is 21.5. The first-order chi connectivity index (χ1) is 17.8. The number of nitrogens with two attached hydrogens (primary N) is 1. The van der Waals surface area contributed by atoms with Gasteiger partial charge in [0.2, 0.25) is 0 Å². The zero-order valence-electron chi connectivity index (χ0n) is 20.5. The van der Waals surface area contributed by atoms with Crippen LogP contribution in [-0.2, 0) is 32.9 Å². The van der Waals surface area contributed by atoms with Crippen LogP contribution >= 0.6 is 8.25 Å². The predicted molar refractivity (Wildman–Crippen MR) is 131 cm³/mol. The van der Waals surface area contributed by atoms with Crippen molar-refractivity contribution in [1.29, 1.82) is 0 Å². The van der Waals surface area contributed by atoms with Crippen LogP contribution in [0.4, 0.5) is 5.82 Å². The SMILES string of the molecule is CCC(=O)O[C@H]1[C@@H](OC(=O)CC)[C@H](n2cnc3c(N)ncnc32)O[C@@H]1[C@H](C)O[PH](=O)Oc1ccccc1. The first-order valence-electron chi connectivity index (χ1n) is 11.7. The van der Waals surface area contributed by atoms with E-state index in [4.69, 9.17) is 29.0 Å². The van der Waals surface area contributed by atoms with Gasteiger partial charge < -0.3 is 24.5 Å². The molecular formula is C23H28N5O8P. The summed E-state index contributed by atoms with van der Waals surface area (Å²) in [5.74, 6) is -0.554. The fraction of sp³-hybridized carbons (Fsp3) is 0.435. The Balaban J connectivity index is 1.66. The third kappa shape index (κ3) is 5.90. The number of anilines is 1. The number of carbonyl (C=O) groups is 2. The lowest BCUT2D eigenvalue weighted by Gasteiger charge is -2.26. The maximum absolute atomic E-state index is 12.6. The minimum atomic E-state index is -3.02. The van der Waals surface area contributed by atoms with Gasteiger partial charge in [0.05, 0.1) is 12.4 Å². The molecule has 1 aliphatic heterocycles.